The second kappa shape index (κ2) is 9.22. The van der Waals surface area contributed by atoms with E-state index in [0.717, 1.165) is 29.7 Å². The van der Waals surface area contributed by atoms with Crippen molar-refractivity contribution >= 4 is 45.6 Å². The first-order valence-corrected chi connectivity index (χ1v) is 10.3. The van der Waals surface area contributed by atoms with Gasteiger partial charge in [0.25, 0.3) is 0 Å². The van der Waals surface area contributed by atoms with Crippen molar-refractivity contribution in [2.24, 2.45) is 0 Å². The third kappa shape index (κ3) is 4.87. The van der Waals surface area contributed by atoms with Gasteiger partial charge in [-0.15, -0.1) is 0 Å². The average Bonchev–Trinajstić information content (AvgIpc) is 2.71. The maximum absolute atomic E-state index is 6.12. The van der Waals surface area contributed by atoms with Crippen molar-refractivity contribution in [3.8, 4) is 11.5 Å². The summed E-state index contributed by atoms with van der Waals surface area (Å²) in [5.74, 6) is 1.81. The Balaban J connectivity index is 1.63. The minimum Gasteiger partial charge on any atom is -0.493 e. The molecule has 3 aromatic rings. The van der Waals surface area contributed by atoms with Gasteiger partial charge in [0.05, 0.1) is 19.2 Å². The van der Waals surface area contributed by atoms with Crippen molar-refractivity contribution in [3.05, 3.63) is 46.7 Å². The van der Waals surface area contributed by atoms with Gasteiger partial charge in [-0.05, 0) is 31.3 Å². The number of methoxy groups -OCH3 is 1. The first kappa shape index (κ1) is 20.9. The standard InChI is InChI=1S/C21H22Cl2N4O3/c1-27-3-4-29-16(10-27)11-30-20-8-17-18(9-19(20)28-2)24-12-25-21(17)26-15-6-13(22)5-14(23)7-15/h5-9,12,16H,3-4,10-11H2,1-2H3,(H,24,25,26). The maximum atomic E-state index is 6.12. The number of aromatic nitrogens is 2. The minimum atomic E-state index is 0.00220. The lowest BCUT2D eigenvalue weighted by molar-refractivity contribution is -0.0406. The SMILES string of the molecule is COc1cc2ncnc(Nc3cc(Cl)cc(Cl)c3)c2cc1OCC1CN(C)CCO1. The van der Waals surface area contributed by atoms with E-state index in [4.69, 9.17) is 37.4 Å². The Morgan fingerprint density at radius 3 is 2.67 bits per heavy atom. The van der Waals surface area contributed by atoms with Crippen LogP contribution in [0.25, 0.3) is 10.9 Å². The van der Waals surface area contributed by atoms with Crippen LogP contribution in [0, 0.1) is 0 Å². The van der Waals surface area contributed by atoms with Gasteiger partial charge < -0.3 is 24.4 Å². The smallest absolute Gasteiger partial charge is 0.162 e. The number of nitrogens with zero attached hydrogens (tertiary/aromatic N) is 3. The number of nitrogens with one attached hydrogen (secondary N) is 1. The molecule has 30 heavy (non-hydrogen) atoms. The van der Waals surface area contributed by atoms with E-state index in [1.54, 1.807) is 25.3 Å². The molecule has 4 rings (SSSR count). The molecule has 1 aliphatic heterocycles. The van der Waals surface area contributed by atoms with Crippen LogP contribution in [-0.4, -0.2) is 61.4 Å². The Morgan fingerprint density at radius 2 is 1.93 bits per heavy atom. The molecule has 1 fully saturated rings. The fourth-order valence-electron chi connectivity index (χ4n) is 3.35. The normalized spacial score (nSPS) is 17.1. The molecule has 1 aliphatic rings. The Morgan fingerprint density at radius 1 is 1.13 bits per heavy atom. The van der Waals surface area contributed by atoms with E-state index in [1.165, 1.54) is 6.33 Å². The average molecular weight is 449 g/mol. The first-order chi connectivity index (χ1) is 14.5. The van der Waals surface area contributed by atoms with Crippen molar-refractivity contribution < 1.29 is 14.2 Å². The van der Waals surface area contributed by atoms with Gasteiger partial charge in [0.1, 0.15) is 24.9 Å². The van der Waals surface area contributed by atoms with Crippen LogP contribution in [0.2, 0.25) is 10.0 Å². The molecule has 1 unspecified atom stereocenters. The summed E-state index contributed by atoms with van der Waals surface area (Å²) in [6.07, 6.45) is 1.49. The van der Waals surface area contributed by atoms with Crippen LogP contribution >= 0.6 is 23.2 Å². The number of fused-ring (bicyclic) bond motifs is 1. The molecule has 0 spiro atoms. The van der Waals surface area contributed by atoms with E-state index in [-0.39, 0.29) is 6.10 Å². The van der Waals surface area contributed by atoms with Crippen LogP contribution in [0.4, 0.5) is 11.5 Å². The summed E-state index contributed by atoms with van der Waals surface area (Å²) in [6, 6.07) is 8.93. The Bertz CT molecular complexity index is 1030. The van der Waals surface area contributed by atoms with Crippen LogP contribution in [0.1, 0.15) is 0 Å². The molecule has 0 radical (unpaired) electrons. The summed E-state index contributed by atoms with van der Waals surface area (Å²) < 4.78 is 17.4. The summed E-state index contributed by atoms with van der Waals surface area (Å²) in [5, 5.41) is 5.11. The molecular weight excluding hydrogens is 427 g/mol. The Labute approximate surface area is 184 Å². The Kier molecular flexibility index (Phi) is 6.43. The van der Waals surface area contributed by atoms with E-state index < -0.39 is 0 Å². The van der Waals surface area contributed by atoms with Crippen LogP contribution in [0.5, 0.6) is 11.5 Å². The second-order valence-corrected chi connectivity index (χ2v) is 7.96. The zero-order valence-corrected chi connectivity index (χ0v) is 18.2. The molecule has 1 N–H and O–H groups in total. The van der Waals surface area contributed by atoms with Gasteiger partial charge >= 0.3 is 0 Å². The summed E-state index contributed by atoms with van der Waals surface area (Å²) in [7, 11) is 3.68. The molecule has 2 heterocycles. The lowest BCUT2D eigenvalue weighted by atomic mass is 10.2. The highest BCUT2D eigenvalue weighted by Gasteiger charge is 2.20. The third-order valence-corrected chi connectivity index (χ3v) is 5.25. The quantitative estimate of drug-likeness (QED) is 0.598. The molecular formula is C21H22Cl2N4O3. The lowest BCUT2D eigenvalue weighted by Crippen LogP contribution is -2.42. The number of rotatable bonds is 6. The predicted octanol–water partition coefficient (Wildman–Crippen LogP) is 4.40. The van der Waals surface area contributed by atoms with Gasteiger partial charge in [0.15, 0.2) is 11.5 Å². The number of anilines is 2. The summed E-state index contributed by atoms with van der Waals surface area (Å²) in [5.41, 5.74) is 1.45. The zero-order chi connectivity index (χ0) is 21.1. The van der Waals surface area contributed by atoms with Crippen LogP contribution in [0.15, 0.2) is 36.7 Å². The topological polar surface area (TPSA) is 68.7 Å². The van der Waals surface area contributed by atoms with Crippen LogP contribution < -0.4 is 14.8 Å². The molecule has 158 valence electrons. The number of halogens is 2. The van der Waals surface area contributed by atoms with E-state index >= 15 is 0 Å². The summed E-state index contributed by atoms with van der Waals surface area (Å²) in [4.78, 5) is 11.0. The molecule has 1 atom stereocenters. The van der Waals surface area contributed by atoms with Gasteiger partial charge in [0, 0.05) is 40.3 Å². The molecule has 1 saturated heterocycles. The van der Waals surface area contributed by atoms with Gasteiger partial charge in [0.2, 0.25) is 0 Å². The van der Waals surface area contributed by atoms with Crippen molar-refractivity contribution in [2.45, 2.75) is 6.10 Å². The maximum Gasteiger partial charge on any atom is 0.162 e. The van der Waals surface area contributed by atoms with Gasteiger partial charge in [-0.1, -0.05) is 23.2 Å². The molecule has 0 bridgehead atoms. The van der Waals surface area contributed by atoms with Crippen LogP contribution in [0.3, 0.4) is 0 Å². The number of ether oxygens (including phenoxy) is 3. The van der Waals surface area contributed by atoms with Crippen molar-refractivity contribution in [1.29, 1.82) is 0 Å². The van der Waals surface area contributed by atoms with Gasteiger partial charge in [-0.25, -0.2) is 9.97 Å². The highest BCUT2D eigenvalue weighted by Crippen LogP contribution is 2.35. The van der Waals surface area contributed by atoms with E-state index in [2.05, 4.69) is 27.2 Å². The number of benzene rings is 2. The molecule has 7 nitrogen and oxygen atoms in total. The monoisotopic (exact) mass is 448 g/mol. The third-order valence-electron chi connectivity index (χ3n) is 4.81. The second-order valence-electron chi connectivity index (χ2n) is 7.09. The minimum absolute atomic E-state index is 0.00220. The largest absolute Gasteiger partial charge is 0.493 e. The molecule has 1 aromatic heterocycles. The van der Waals surface area contributed by atoms with Crippen molar-refractivity contribution in [2.75, 3.05) is 45.8 Å². The predicted molar refractivity (Wildman–Crippen MR) is 119 cm³/mol. The highest BCUT2D eigenvalue weighted by molar-refractivity contribution is 6.35. The zero-order valence-electron chi connectivity index (χ0n) is 16.7. The molecule has 2 aromatic carbocycles. The van der Waals surface area contributed by atoms with Crippen molar-refractivity contribution in [3.63, 3.8) is 0 Å². The van der Waals surface area contributed by atoms with E-state index in [9.17, 15) is 0 Å². The Hall–Kier alpha value is -2.32. The fourth-order valence-corrected chi connectivity index (χ4v) is 3.88. The number of hydrogen-bond donors (Lipinski definition) is 1. The fraction of sp³-hybridized carbons (Fsp3) is 0.333. The summed E-state index contributed by atoms with van der Waals surface area (Å²) in [6.45, 7) is 2.87. The lowest BCUT2D eigenvalue weighted by Gasteiger charge is -2.30. The number of hydrogen-bond acceptors (Lipinski definition) is 7. The van der Waals surface area contributed by atoms with Crippen molar-refractivity contribution in [1.82, 2.24) is 14.9 Å². The first-order valence-electron chi connectivity index (χ1n) is 9.50. The number of morpholine rings is 1. The molecule has 0 amide bonds. The van der Waals surface area contributed by atoms with E-state index in [0.29, 0.717) is 40.6 Å². The molecule has 0 aliphatic carbocycles. The summed E-state index contributed by atoms with van der Waals surface area (Å²) >= 11 is 12.2. The van der Waals surface area contributed by atoms with E-state index in [1.807, 2.05) is 12.1 Å². The van der Waals surface area contributed by atoms with Gasteiger partial charge in [-0.2, -0.15) is 0 Å². The molecule has 0 saturated carbocycles. The highest BCUT2D eigenvalue weighted by atomic mass is 35.5. The van der Waals surface area contributed by atoms with Gasteiger partial charge in [-0.3, -0.25) is 0 Å². The van der Waals surface area contributed by atoms with Crippen LogP contribution in [-0.2, 0) is 4.74 Å². The molecule has 9 heteroatoms. The number of likely N-dealkylation sites (N-methyl/N-ethyl adjacent to an activating group) is 1.